The zero-order chi connectivity index (χ0) is 38.1. The second-order valence-electron chi connectivity index (χ2n) is 13.9. The first-order valence-corrected chi connectivity index (χ1v) is 17.7. The third kappa shape index (κ3) is 8.54. The van der Waals surface area contributed by atoms with Gasteiger partial charge in [0.25, 0.3) is 0 Å². The van der Waals surface area contributed by atoms with Crippen molar-refractivity contribution >= 4 is 17.6 Å². The Kier molecular flexibility index (Phi) is 11.2. The second-order valence-corrected chi connectivity index (χ2v) is 14.3. The molecule has 14 heteroatoms. The van der Waals surface area contributed by atoms with Gasteiger partial charge in [0.15, 0.2) is 0 Å². The number of aliphatic carboxylic acids is 1. The van der Waals surface area contributed by atoms with Crippen LogP contribution in [0.2, 0.25) is 5.02 Å². The van der Waals surface area contributed by atoms with E-state index in [1.54, 1.807) is 19.1 Å². The number of aliphatic hydroxyl groups is 1. The number of nitrogens with one attached hydrogen (secondary N) is 1. The standard InChI is InChI=1S/C39H42ClF3N4O6/c1-38(50)18-24(19-38)44-20-22-11-13-31(45-35(22)51-3)29-10-6-9-28(34(29)40)25-7-5-8-27-26(25)12-14-32(27)53-37-30(39(41,42)43)17-23(36(46-37)52-4)21-47(2)16-15-33(48)49/h5-11,13,17,24,32,44,50H,12,14-16,18-21H2,1-4H3,(H,48,49)/t24?,32-,38?/m0/s1. The second kappa shape index (κ2) is 15.5. The fourth-order valence-corrected chi connectivity index (χ4v) is 7.48. The van der Waals surface area contributed by atoms with Crippen LogP contribution in [-0.4, -0.2) is 70.5 Å². The van der Waals surface area contributed by atoms with Crippen LogP contribution in [0.3, 0.4) is 0 Å². The Hall–Kier alpha value is -4.43. The predicted octanol–water partition coefficient (Wildman–Crippen LogP) is 7.48. The summed E-state index contributed by atoms with van der Waals surface area (Å²) in [6.45, 7) is 2.49. The van der Waals surface area contributed by atoms with Crippen LogP contribution in [0, 0.1) is 0 Å². The summed E-state index contributed by atoms with van der Waals surface area (Å²) >= 11 is 7.10. The number of nitrogens with zero attached hydrogens (tertiary/aromatic N) is 3. The Morgan fingerprint density at radius 2 is 1.68 bits per heavy atom. The first-order chi connectivity index (χ1) is 25.2. The Bertz CT molecular complexity index is 1980. The zero-order valence-electron chi connectivity index (χ0n) is 29.9. The minimum Gasteiger partial charge on any atom is -0.481 e. The molecule has 0 unspecified atom stereocenters. The monoisotopic (exact) mass is 754 g/mol. The molecule has 1 atom stereocenters. The minimum atomic E-state index is -4.77. The summed E-state index contributed by atoms with van der Waals surface area (Å²) in [5, 5.41) is 23.0. The van der Waals surface area contributed by atoms with E-state index in [1.807, 2.05) is 55.5 Å². The molecule has 0 aliphatic heterocycles. The molecule has 0 saturated heterocycles. The van der Waals surface area contributed by atoms with Gasteiger partial charge in [-0.25, -0.2) is 4.98 Å². The molecule has 4 aromatic rings. The summed E-state index contributed by atoms with van der Waals surface area (Å²) in [5.41, 5.74) is 3.92. The molecule has 0 radical (unpaired) electrons. The number of fused-ring (bicyclic) bond motifs is 1. The molecule has 2 aliphatic rings. The van der Waals surface area contributed by atoms with Gasteiger partial charge in [-0.05, 0) is 68.5 Å². The molecule has 282 valence electrons. The first-order valence-electron chi connectivity index (χ1n) is 17.3. The molecule has 0 spiro atoms. The number of aromatic nitrogens is 2. The number of benzene rings is 2. The number of halogens is 4. The van der Waals surface area contributed by atoms with Gasteiger partial charge >= 0.3 is 12.1 Å². The van der Waals surface area contributed by atoms with E-state index >= 15 is 0 Å². The van der Waals surface area contributed by atoms with Crippen LogP contribution >= 0.6 is 11.6 Å². The topological polar surface area (TPSA) is 126 Å². The molecule has 53 heavy (non-hydrogen) atoms. The lowest BCUT2D eigenvalue weighted by atomic mass is 9.77. The summed E-state index contributed by atoms with van der Waals surface area (Å²) < 4.78 is 60.3. The van der Waals surface area contributed by atoms with E-state index in [0.717, 1.165) is 33.9 Å². The van der Waals surface area contributed by atoms with Crippen molar-refractivity contribution in [3.05, 3.63) is 87.4 Å². The Morgan fingerprint density at radius 3 is 2.36 bits per heavy atom. The molecular weight excluding hydrogens is 713 g/mol. The number of hydrogen-bond acceptors (Lipinski definition) is 9. The largest absolute Gasteiger partial charge is 0.481 e. The van der Waals surface area contributed by atoms with Crippen LogP contribution in [0.4, 0.5) is 13.2 Å². The number of carboxylic acid groups (broad SMARTS) is 1. The molecule has 0 bridgehead atoms. The van der Waals surface area contributed by atoms with Gasteiger partial charge in [0, 0.05) is 47.9 Å². The molecular formula is C39H42ClF3N4O6. The average Bonchev–Trinajstić information content (AvgIpc) is 3.51. The van der Waals surface area contributed by atoms with Crippen LogP contribution in [0.15, 0.2) is 54.6 Å². The highest BCUT2D eigenvalue weighted by Gasteiger charge is 2.39. The van der Waals surface area contributed by atoms with Crippen molar-refractivity contribution in [3.8, 4) is 40.0 Å². The van der Waals surface area contributed by atoms with Crippen molar-refractivity contribution in [2.24, 2.45) is 0 Å². The van der Waals surface area contributed by atoms with Crippen LogP contribution in [0.25, 0.3) is 22.4 Å². The van der Waals surface area contributed by atoms with Crippen molar-refractivity contribution in [2.75, 3.05) is 27.8 Å². The van der Waals surface area contributed by atoms with Crippen molar-refractivity contribution in [1.82, 2.24) is 20.2 Å². The molecule has 1 saturated carbocycles. The van der Waals surface area contributed by atoms with E-state index in [9.17, 15) is 23.1 Å². The molecule has 10 nitrogen and oxygen atoms in total. The van der Waals surface area contributed by atoms with Crippen molar-refractivity contribution in [2.45, 2.75) is 76.0 Å². The van der Waals surface area contributed by atoms with Gasteiger partial charge in [0.2, 0.25) is 17.6 Å². The Balaban J connectivity index is 1.26. The number of alkyl halides is 3. The number of carbonyl (C=O) groups is 1. The highest BCUT2D eigenvalue weighted by molar-refractivity contribution is 6.36. The number of methoxy groups -OCH3 is 2. The van der Waals surface area contributed by atoms with E-state index in [4.69, 9.17) is 35.9 Å². The van der Waals surface area contributed by atoms with Gasteiger partial charge in [-0.1, -0.05) is 54.1 Å². The molecule has 2 aromatic carbocycles. The van der Waals surface area contributed by atoms with Gasteiger partial charge in [0.1, 0.15) is 11.7 Å². The molecule has 2 heterocycles. The number of hydrogen-bond donors (Lipinski definition) is 3. The smallest absolute Gasteiger partial charge is 0.421 e. The highest BCUT2D eigenvalue weighted by Crippen LogP contribution is 2.46. The number of pyridine rings is 2. The summed E-state index contributed by atoms with van der Waals surface area (Å²) in [6, 6.07) is 16.3. The third-order valence-corrected chi connectivity index (χ3v) is 10.2. The van der Waals surface area contributed by atoms with E-state index in [1.165, 1.54) is 7.11 Å². The van der Waals surface area contributed by atoms with Crippen molar-refractivity contribution in [3.63, 3.8) is 0 Å². The normalized spacial score (nSPS) is 19.5. The minimum absolute atomic E-state index is 0.00265. The molecule has 3 N–H and O–H groups in total. The third-order valence-electron chi connectivity index (χ3n) is 9.79. The van der Waals surface area contributed by atoms with Crippen LogP contribution < -0.4 is 19.5 Å². The van der Waals surface area contributed by atoms with Crippen molar-refractivity contribution < 1.29 is 42.4 Å². The molecule has 1 fully saturated rings. The maximum Gasteiger partial charge on any atom is 0.421 e. The quantitative estimate of drug-likeness (QED) is 0.119. The summed E-state index contributed by atoms with van der Waals surface area (Å²) in [7, 11) is 4.49. The van der Waals surface area contributed by atoms with Gasteiger partial charge < -0.3 is 34.6 Å². The summed E-state index contributed by atoms with van der Waals surface area (Å²) in [5.74, 6) is -1.17. The average molecular weight is 755 g/mol. The lowest BCUT2D eigenvalue weighted by Crippen LogP contribution is -2.51. The summed E-state index contributed by atoms with van der Waals surface area (Å²) in [6.07, 6.45) is -3.34. The lowest BCUT2D eigenvalue weighted by Gasteiger charge is -2.41. The molecule has 0 amide bonds. The fraction of sp³-hybridized carbons (Fsp3) is 0.410. The Labute approximate surface area is 310 Å². The van der Waals surface area contributed by atoms with Gasteiger partial charge in [-0.3, -0.25) is 4.79 Å². The number of ether oxygens (including phenoxy) is 3. The number of rotatable bonds is 14. The fourth-order valence-electron chi connectivity index (χ4n) is 7.16. The SMILES string of the molecule is COc1nc(-c2cccc(-c3cccc4c3CC[C@@H]4Oc3nc(OC)c(CN(C)CCC(=O)O)cc3C(F)(F)F)c2Cl)ccc1CNC1CC(C)(O)C1. The molecule has 2 aliphatic carbocycles. The maximum atomic E-state index is 14.4. The van der Waals surface area contributed by atoms with Crippen LogP contribution in [0.1, 0.15) is 66.5 Å². The van der Waals surface area contributed by atoms with Gasteiger partial charge in [-0.2, -0.15) is 18.2 Å². The summed E-state index contributed by atoms with van der Waals surface area (Å²) in [4.78, 5) is 21.5. The number of carboxylic acids is 1. The van der Waals surface area contributed by atoms with Crippen LogP contribution in [-0.2, 0) is 30.5 Å². The predicted molar refractivity (Wildman–Crippen MR) is 193 cm³/mol. The van der Waals surface area contributed by atoms with E-state index in [2.05, 4.69) is 10.3 Å². The zero-order valence-corrected chi connectivity index (χ0v) is 30.6. The Morgan fingerprint density at radius 1 is 1.00 bits per heavy atom. The first kappa shape index (κ1) is 38.3. The highest BCUT2D eigenvalue weighted by atomic mass is 35.5. The van der Waals surface area contributed by atoms with Gasteiger partial charge in [-0.15, -0.1) is 0 Å². The lowest BCUT2D eigenvalue weighted by molar-refractivity contribution is -0.140. The van der Waals surface area contributed by atoms with Gasteiger partial charge in [0.05, 0.1) is 37.0 Å². The molecule has 2 aromatic heterocycles. The van der Waals surface area contributed by atoms with E-state index < -0.39 is 35.3 Å². The van der Waals surface area contributed by atoms with E-state index in [0.29, 0.717) is 54.4 Å². The maximum absolute atomic E-state index is 14.4. The molecule has 6 rings (SSSR count). The van der Waals surface area contributed by atoms with Crippen LogP contribution in [0.5, 0.6) is 17.6 Å². The van der Waals surface area contributed by atoms with Crippen molar-refractivity contribution in [1.29, 1.82) is 0 Å². The van der Waals surface area contributed by atoms with E-state index in [-0.39, 0.29) is 37.0 Å².